The predicted molar refractivity (Wildman–Crippen MR) is 141 cm³/mol. The van der Waals surface area contributed by atoms with Crippen molar-refractivity contribution in [1.82, 2.24) is 10.2 Å². The zero-order valence-corrected chi connectivity index (χ0v) is 20.6. The van der Waals surface area contributed by atoms with Crippen LogP contribution in [-0.4, -0.2) is 48.4 Å². The number of ether oxygens (including phenoxy) is 1. The Morgan fingerprint density at radius 3 is 2.36 bits per heavy atom. The first-order valence-electron chi connectivity index (χ1n) is 13.2. The third kappa shape index (κ3) is 4.31. The van der Waals surface area contributed by atoms with Crippen molar-refractivity contribution in [2.75, 3.05) is 26.2 Å². The van der Waals surface area contributed by atoms with Crippen LogP contribution in [0.25, 0.3) is 11.1 Å². The molecular weight excluding hydrogens is 448 g/mol. The number of aliphatic hydroxyl groups excluding tert-OH is 1. The molecule has 0 radical (unpaired) electrons. The van der Waals surface area contributed by atoms with Crippen LogP contribution < -0.4 is 5.32 Å². The molecule has 3 unspecified atom stereocenters. The van der Waals surface area contributed by atoms with Gasteiger partial charge in [0.1, 0.15) is 6.61 Å². The second kappa shape index (κ2) is 9.72. The van der Waals surface area contributed by atoms with Crippen LogP contribution in [-0.2, 0) is 11.3 Å². The molecule has 3 aromatic rings. The van der Waals surface area contributed by atoms with Gasteiger partial charge >= 0.3 is 6.09 Å². The molecule has 2 aliphatic carbocycles. The molecule has 36 heavy (non-hydrogen) atoms. The standard InChI is InChI=1S/C31H34N2O3/c34-29-23-11-8-16-31(29,21-33(18-23)17-22-9-2-1-3-10-22)20-32-30(35)36-19-28-26-14-6-4-12-24(26)25-13-5-7-15-27(25)28/h1-7,9-10,12-15,23,28-29,34H,8,11,16-21H2,(H,32,35). The summed E-state index contributed by atoms with van der Waals surface area (Å²) in [6.45, 7) is 3.30. The molecule has 1 aliphatic heterocycles. The number of benzene rings is 3. The first-order valence-corrected chi connectivity index (χ1v) is 13.2. The number of likely N-dealkylation sites (tertiary alicyclic amines) is 1. The topological polar surface area (TPSA) is 61.8 Å². The van der Waals surface area contributed by atoms with E-state index in [0.29, 0.717) is 13.2 Å². The van der Waals surface area contributed by atoms with Crippen LogP contribution in [0.1, 0.15) is 41.9 Å². The van der Waals surface area contributed by atoms with Gasteiger partial charge in [0.2, 0.25) is 0 Å². The van der Waals surface area contributed by atoms with E-state index in [9.17, 15) is 9.90 Å². The summed E-state index contributed by atoms with van der Waals surface area (Å²) >= 11 is 0. The maximum Gasteiger partial charge on any atom is 0.407 e. The zero-order chi connectivity index (χ0) is 24.5. The van der Waals surface area contributed by atoms with Gasteiger partial charge in [-0.15, -0.1) is 0 Å². The number of piperidine rings is 1. The minimum Gasteiger partial charge on any atom is -0.449 e. The SMILES string of the molecule is O=C(NCC12CCCC(CN(Cc3ccccc3)C1)C2O)OCC1c2ccccc2-c2ccccc21. The Morgan fingerprint density at radius 2 is 1.64 bits per heavy atom. The molecule has 2 N–H and O–H groups in total. The molecule has 5 nitrogen and oxygen atoms in total. The fraction of sp³-hybridized carbons (Fsp3) is 0.387. The normalized spacial score (nSPS) is 25.1. The highest BCUT2D eigenvalue weighted by molar-refractivity contribution is 5.79. The molecular formula is C31H34N2O3. The number of carbonyl (C=O) groups is 1. The molecule has 2 bridgehead atoms. The number of nitrogens with one attached hydrogen (secondary N) is 1. The van der Waals surface area contributed by atoms with E-state index in [1.807, 2.05) is 18.2 Å². The summed E-state index contributed by atoms with van der Waals surface area (Å²) in [5.74, 6) is 0.294. The molecule has 1 heterocycles. The Morgan fingerprint density at radius 1 is 0.972 bits per heavy atom. The van der Waals surface area contributed by atoms with Crippen molar-refractivity contribution < 1.29 is 14.6 Å². The summed E-state index contributed by atoms with van der Waals surface area (Å²) in [6, 6.07) is 27.2. The van der Waals surface area contributed by atoms with Gasteiger partial charge in [0, 0.05) is 37.5 Å². The minimum absolute atomic E-state index is 0.0435. The Labute approximate surface area is 213 Å². The zero-order valence-electron chi connectivity index (χ0n) is 20.6. The Balaban J connectivity index is 1.11. The lowest BCUT2D eigenvalue weighted by Gasteiger charge is -2.53. The van der Waals surface area contributed by atoms with E-state index in [1.165, 1.54) is 27.8 Å². The summed E-state index contributed by atoms with van der Waals surface area (Å²) in [5.41, 5.74) is 5.81. The summed E-state index contributed by atoms with van der Waals surface area (Å²) in [7, 11) is 0. The van der Waals surface area contributed by atoms with Gasteiger partial charge in [-0.1, -0.05) is 85.3 Å². The van der Waals surface area contributed by atoms with Crippen LogP contribution in [0.3, 0.4) is 0 Å². The van der Waals surface area contributed by atoms with Crippen molar-refractivity contribution in [3.8, 4) is 11.1 Å². The van der Waals surface area contributed by atoms with E-state index >= 15 is 0 Å². The summed E-state index contributed by atoms with van der Waals surface area (Å²) in [6.07, 6.45) is 2.25. The fourth-order valence-corrected chi connectivity index (χ4v) is 6.84. The number of hydrogen-bond donors (Lipinski definition) is 2. The second-order valence-corrected chi connectivity index (χ2v) is 10.8. The largest absolute Gasteiger partial charge is 0.449 e. The lowest BCUT2D eigenvalue weighted by atomic mass is 9.64. The third-order valence-corrected chi connectivity index (χ3v) is 8.53. The highest BCUT2D eigenvalue weighted by Crippen LogP contribution is 2.45. The van der Waals surface area contributed by atoms with Crippen LogP contribution in [0.4, 0.5) is 4.79 Å². The van der Waals surface area contributed by atoms with Crippen molar-refractivity contribution in [3.63, 3.8) is 0 Å². The molecule has 3 aliphatic rings. The van der Waals surface area contributed by atoms with Crippen molar-refractivity contribution in [2.24, 2.45) is 11.3 Å². The van der Waals surface area contributed by atoms with Crippen molar-refractivity contribution >= 4 is 6.09 Å². The molecule has 1 saturated heterocycles. The number of amides is 1. The highest BCUT2D eigenvalue weighted by atomic mass is 16.5. The Kier molecular flexibility index (Phi) is 6.28. The number of fused-ring (bicyclic) bond motifs is 5. The average Bonchev–Trinajstić information content (AvgIpc) is 3.22. The molecule has 5 heteroatoms. The smallest absolute Gasteiger partial charge is 0.407 e. The molecule has 0 spiro atoms. The van der Waals surface area contributed by atoms with Gasteiger partial charge in [0.05, 0.1) is 6.10 Å². The fourth-order valence-electron chi connectivity index (χ4n) is 6.84. The van der Waals surface area contributed by atoms with E-state index in [1.54, 1.807) is 0 Å². The van der Waals surface area contributed by atoms with Crippen LogP contribution in [0.2, 0.25) is 0 Å². The summed E-state index contributed by atoms with van der Waals surface area (Å²) < 4.78 is 5.78. The maximum absolute atomic E-state index is 12.9. The van der Waals surface area contributed by atoms with E-state index in [2.05, 4.69) is 70.9 Å². The number of hydrogen-bond acceptors (Lipinski definition) is 4. The van der Waals surface area contributed by atoms with E-state index in [4.69, 9.17) is 4.74 Å². The summed E-state index contributed by atoms with van der Waals surface area (Å²) in [5, 5.41) is 14.3. The van der Waals surface area contributed by atoms with Crippen molar-refractivity contribution in [1.29, 1.82) is 0 Å². The van der Waals surface area contributed by atoms with Gasteiger partial charge in [0.15, 0.2) is 0 Å². The number of nitrogens with zero attached hydrogens (tertiary/aromatic N) is 1. The van der Waals surface area contributed by atoms with Crippen molar-refractivity contribution in [2.45, 2.75) is 37.8 Å². The Hall–Kier alpha value is -3.15. The first-order chi connectivity index (χ1) is 17.6. The van der Waals surface area contributed by atoms with E-state index < -0.39 is 12.2 Å². The molecule has 1 amide bonds. The lowest BCUT2D eigenvalue weighted by molar-refractivity contribution is -0.114. The predicted octanol–water partition coefficient (Wildman–Crippen LogP) is 5.19. The first kappa shape index (κ1) is 23.3. The molecule has 1 saturated carbocycles. The molecule has 3 atom stereocenters. The van der Waals surface area contributed by atoms with Gasteiger partial charge in [-0.3, -0.25) is 4.90 Å². The monoisotopic (exact) mass is 482 g/mol. The molecule has 186 valence electrons. The third-order valence-electron chi connectivity index (χ3n) is 8.53. The van der Waals surface area contributed by atoms with Gasteiger partial charge < -0.3 is 15.2 Å². The minimum atomic E-state index is -0.402. The maximum atomic E-state index is 12.9. The lowest BCUT2D eigenvalue weighted by Crippen LogP contribution is -2.62. The highest BCUT2D eigenvalue weighted by Gasteiger charge is 2.49. The number of alkyl carbamates (subject to hydrolysis) is 1. The number of aliphatic hydroxyl groups is 1. The molecule has 3 aromatic carbocycles. The van der Waals surface area contributed by atoms with Crippen LogP contribution >= 0.6 is 0 Å². The number of rotatable bonds is 6. The second-order valence-electron chi connectivity index (χ2n) is 10.8. The summed E-state index contributed by atoms with van der Waals surface area (Å²) in [4.78, 5) is 15.3. The van der Waals surface area contributed by atoms with Gasteiger partial charge in [-0.05, 0) is 46.6 Å². The Bertz CT molecular complexity index is 1180. The van der Waals surface area contributed by atoms with Crippen LogP contribution in [0.15, 0.2) is 78.9 Å². The molecule has 0 aromatic heterocycles. The quantitative estimate of drug-likeness (QED) is 0.508. The van der Waals surface area contributed by atoms with Gasteiger partial charge in [-0.25, -0.2) is 4.79 Å². The van der Waals surface area contributed by atoms with Gasteiger partial charge in [0.25, 0.3) is 0 Å². The van der Waals surface area contributed by atoms with E-state index in [0.717, 1.165) is 38.9 Å². The van der Waals surface area contributed by atoms with Gasteiger partial charge in [-0.2, -0.15) is 0 Å². The van der Waals surface area contributed by atoms with Crippen LogP contribution in [0.5, 0.6) is 0 Å². The van der Waals surface area contributed by atoms with Crippen LogP contribution in [0, 0.1) is 11.3 Å². The van der Waals surface area contributed by atoms with Crippen molar-refractivity contribution in [3.05, 3.63) is 95.6 Å². The molecule has 6 rings (SSSR count). The average molecular weight is 483 g/mol. The number of carbonyl (C=O) groups excluding carboxylic acids is 1. The molecule has 2 fully saturated rings. The van der Waals surface area contributed by atoms with E-state index in [-0.39, 0.29) is 17.3 Å².